The highest BCUT2D eigenvalue weighted by atomic mass is 19.4. The molecule has 0 radical (unpaired) electrons. The number of halogens is 4. The standard InChI is InChI=1S/C23H27F4NO3/c1-4-15-5-8-17(9-6-15)20(14(3)23(25,26)27)21(29)28-19-12-16(7-10-18(19)24)11-13(2)22(30)31/h5-8,10,12-14,17,20H,4,9,11H2,1-3H3,(H,28,29)(H,30,31)/t13-,14+,17?,20-/m0/s1. The number of carbonyl (C=O) groups excluding carboxylic acids is 1. The highest BCUT2D eigenvalue weighted by Crippen LogP contribution is 2.39. The molecule has 4 atom stereocenters. The van der Waals surface area contributed by atoms with Crippen molar-refractivity contribution in [2.24, 2.45) is 23.7 Å². The Balaban J connectivity index is 2.28. The van der Waals surface area contributed by atoms with Gasteiger partial charge in [0.2, 0.25) is 5.91 Å². The Bertz CT molecular complexity index is 876. The van der Waals surface area contributed by atoms with E-state index in [4.69, 9.17) is 5.11 Å². The number of benzene rings is 1. The topological polar surface area (TPSA) is 66.4 Å². The summed E-state index contributed by atoms with van der Waals surface area (Å²) in [5.74, 6) is -7.54. The van der Waals surface area contributed by atoms with Gasteiger partial charge in [0.1, 0.15) is 5.82 Å². The molecule has 1 aromatic rings. The SMILES string of the molecule is CCC1=CCC([C@@H](C(=O)Nc2cc(C[C@H](C)C(=O)O)ccc2F)[C@@H](C)C(F)(F)F)C=C1. The molecule has 4 nitrogen and oxygen atoms in total. The Morgan fingerprint density at radius 1 is 1.26 bits per heavy atom. The zero-order valence-corrected chi connectivity index (χ0v) is 17.7. The van der Waals surface area contributed by atoms with Crippen molar-refractivity contribution < 1.29 is 32.3 Å². The number of aliphatic carboxylic acids is 1. The van der Waals surface area contributed by atoms with Gasteiger partial charge in [-0.15, -0.1) is 0 Å². The van der Waals surface area contributed by atoms with Crippen molar-refractivity contribution >= 4 is 17.6 Å². The van der Waals surface area contributed by atoms with Crippen molar-refractivity contribution in [2.45, 2.75) is 46.2 Å². The third kappa shape index (κ3) is 6.42. The number of amides is 1. The lowest BCUT2D eigenvalue weighted by Gasteiger charge is -2.31. The van der Waals surface area contributed by atoms with E-state index in [0.29, 0.717) is 5.56 Å². The summed E-state index contributed by atoms with van der Waals surface area (Å²) in [7, 11) is 0. The van der Waals surface area contributed by atoms with E-state index in [1.54, 1.807) is 12.2 Å². The maximum Gasteiger partial charge on any atom is 0.392 e. The average Bonchev–Trinajstić information content (AvgIpc) is 2.70. The molecule has 170 valence electrons. The third-order valence-corrected chi connectivity index (χ3v) is 5.69. The molecule has 1 aromatic carbocycles. The van der Waals surface area contributed by atoms with E-state index in [1.165, 1.54) is 19.1 Å². The van der Waals surface area contributed by atoms with Crippen molar-refractivity contribution in [3.63, 3.8) is 0 Å². The van der Waals surface area contributed by atoms with E-state index in [9.17, 15) is 27.2 Å². The largest absolute Gasteiger partial charge is 0.481 e. The zero-order chi connectivity index (χ0) is 23.3. The van der Waals surface area contributed by atoms with Crippen LogP contribution in [0.5, 0.6) is 0 Å². The molecule has 2 N–H and O–H groups in total. The minimum Gasteiger partial charge on any atom is -0.481 e. The number of allylic oxidation sites excluding steroid dienone is 4. The summed E-state index contributed by atoms with van der Waals surface area (Å²) in [6.07, 6.45) is 1.69. The van der Waals surface area contributed by atoms with Crippen LogP contribution in [0.3, 0.4) is 0 Å². The molecule has 0 bridgehead atoms. The number of carboxylic acid groups (broad SMARTS) is 1. The summed E-state index contributed by atoms with van der Waals surface area (Å²) in [6, 6.07) is 3.73. The molecule has 2 rings (SSSR count). The first-order valence-corrected chi connectivity index (χ1v) is 10.2. The van der Waals surface area contributed by atoms with E-state index < -0.39 is 47.5 Å². The van der Waals surface area contributed by atoms with Crippen LogP contribution >= 0.6 is 0 Å². The maximum absolute atomic E-state index is 14.3. The van der Waals surface area contributed by atoms with Gasteiger partial charge in [-0.1, -0.05) is 50.6 Å². The fourth-order valence-electron chi connectivity index (χ4n) is 3.66. The first-order chi connectivity index (χ1) is 14.4. The lowest BCUT2D eigenvalue weighted by atomic mass is 9.77. The molecule has 1 unspecified atom stereocenters. The number of anilines is 1. The number of hydrogen-bond acceptors (Lipinski definition) is 2. The monoisotopic (exact) mass is 441 g/mol. The second-order valence-electron chi connectivity index (χ2n) is 7.99. The Kier molecular flexibility index (Phi) is 8.03. The number of nitrogens with one attached hydrogen (secondary N) is 1. The molecule has 0 heterocycles. The highest BCUT2D eigenvalue weighted by Gasteiger charge is 2.46. The Morgan fingerprint density at radius 2 is 1.94 bits per heavy atom. The van der Waals surface area contributed by atoms with Crippen molar-refractivity contribution in [1.82, 2.24) is 0 Å². The van der Waals surface area contributed by atoms with Crippen LogP contribution < -0.4 is 5.32 Å². The van der Waals surface area contributed by atoms with Crippen LogP contribution in [0.4, 0.5) is 23.2 Å². The lowest BCUT2D eigenvalue weighted by molar-refractivity contribution is -0.188. The van der Waals surface area contributed by atoms with Gasteiger partial charge in [-0.25, -0.2) is 4.39 Å². The van der Waals surface area contributed by atoms with Gasteiger partial charge in [0.25, 0.3) is 0 Å². The fourth-order valence-corrected chi connectivity index (χ4v) is 3.66. The van der Waals surface area contributed by atoms with Crippen molar-refractivity contribution in [1.29, 1.82) is 0 Å². The van der Waals surface area contributed by atoms with E-state index in [2.05, 4.69) is 5.32 Å². The van der Waals surface area contributed by atoms with E-state index in [-0.39, 0.29) is 18.5 Å². The van der Waals surface area contributed by atoms with Crippen LogP contribution in [0.25, 0.3) is 0 Å². The quantitative estimate of drug-likeness (QED) is 0.505. The summed E-state index contributed by atoms with van der Waals surface area (Å²) in [6.45, 7) is 4.37. The molecule has 0 aliphatic heterocycles. The smallest absolute Gasteiger partial charge is 0.392 e. The second-order valence-corrected chi connectivity index (χ2v) is 7.99. The van der Waals surface area contributed by atoms with Gasteiger partial charge in [-0.2, -0.15) is 13.2 Å². The Hall–Kier alpha value is -2.64. The van der Waals surface area contributed by atoms with Gasteiger partial charge in [0, 0.05) is 0 Å². The number of alkyl halides is 3. The number of carboxylic acids is 1. The molecule has 0 fully saturated rings. The summed E-state index contributed by atoms with van der Waals surface area (Å²) in [5.41, 5.74) is 1.19. The van der Waals surface area contributed by atoms with Gasteiger partial charge in [-0.3, -0.25) is 9.59 Å². The highest BCUT2D eigenvalue weighted by molar-refractivity contribution is 5.93. The van der Waals surface area contributed by atoms with Crippen LogP contribution in [-0.4, -0.2) is 23.2 Å². The fraction of sp³-hybridized carbons (Fsp3) is 0.478. The zero-order valence-electron chi connectivity index (χ0n) is 17.7. The first-order valence-electron chi connectivity index (χ1n) is 10.2. The first kappa shape index (κ1) is 24.6. The van der Waals surface area contributed by atoms with Crippen molar-refractivity contribution in [2.75, 3.05) is 5.32 Å². The van der Waals surface area contributed by atoms with Crippen LogP contribution in [-0.2, 0) is 16.0 Å². The van der Waals surface area contributed by atoms with Crippen molar-refractivity contribution in [3.05, 3.63) is 53.4 Å². The summed E-state index contributed by atoms with van der Waals surface area (Å²) in [5, 5.41) is 11.4. The van der Waals surface area contributed by atoms with Crippen molar-refractivity contribution in [3.8, 4) is 0 Å². The second kappa shape index (κ2) is 10.1. The van der Waals surface area contributed by atoms with Crippen LogP contribution in [0.1, 0.15) is 39.2 Å². The minimum atomic E-state index is -4.60. The van der Waals surface area contributed by atoms with E-state index >= 15 is 0 Å². The Labute approximate surface area is 179 Å². The maximum atomic E-state index is 14.3. The molecule has 31 heavy (non-hydrogen) atoms. The van der Waals surface area contributed by atoms with Gasteiger partial charge in [0.05, 0.1) is 23.4 Å². The minimum absolute atomic E-state index is 0.0941. The lowest BCUT2D eigenvalue weighted by Crippen LogP contribution is -2.40. The molecule has 0 saturated carbocycles. The molecule has 0 aromatic heterocycles. The predicted octanol–water partition coefficient (Wildman–Crippen LogP) is 5.75. The molecular formula is C23H27F4NO3. The molecule has 1 aliphatic rings. The summed E-state index contributed by atoms with van der Waals surface area (Å²) >= 11 is 0. The molecule has 0 spiro atoms. The predicted molar refractivity (Wildman–Crippen MR) is 110 cm³/mol. The van der Waals surface area contributed by atoms with Gasteiger partial charge in [-0.05, 0) is 42.9 Å². The molecular weight excluding hydrogens is 414 g/mol. The van der Waals surface area contributed by atoms with Gasteiger partial charge in [0.15, 0.2) is 0 Å². The number of rotatable bonds is 8. The average molecular weight is 441 g/mol. The van der Waals surface area contributed by atoms with Gasteiger partial charge >= 0.3 is 12.1 Å². The number of hydrogen-bond donors (Lipinski definition) is 2. The van der Waals surface area contributed by atoms with Crippen LogP contribution in [0.15, 0.2) is 42.0 Å². The van der Waals surface area contributed by atoms with Crippen LogP contribution in [0.2, 0.25) is 0 Å². The van der Waals surface area contributed by atoms with Gasteiger partial charge < -0.3 is 10.4 Å². The number of carbonyl (C=O) groups is 2. The van der Waals surface area contributed by atoms with Crippen LogP contribution in [0, 0.1) is 29.5 Å². The third-order valence-electron chi connectivity index (χ3n) is 5.69. The Morgan fingerprint density at radius 3 is 2.45 bits per heavy atom. The molecule has 1 amide bonds. The summed E-state index contributed by atoms with van der Waals surface area (Å²) < 4.78 is 54.8. The van der Waals surface area contributed by atoms with E-state index in [1.807, 2.05) is 13.0 Å². The molecule has 8 heteroatoms. The normalized spacial score (nSPS) is 19.3. The molecule has 1 aliphatic carbocycles. The molecule has 0 saturated heterocycles. The van der Waals surface area contributed by atoms with E-state index in [0.717, 1.165) is 25.0 Å². The summed E-state index contributed by atoms with van der Waals surface area (Å²) in [4.78, 5) is 24.0.